The maximum atomic E-state index is 9.43. The van der Waals surface area contributed by atoms with Crippen LogP contribution in [0.1, 0.15) is 0 Å². The highest BCUT2D eigenvalue weighted by molar-refractivity contribution is 7.85. The van der Waals surface area contributed by atoms with Crippen LogP contribution in [0.2, 0.25) is 0 Å². The topological polar surface area (TPSA) is 161 Å². The van der Waals surface area contributed by atoms with Gasteiger partial charge in [0.2, 0.25) is 0 Å². The van der Waals surface area contributed by atoms with Crippen molar-refractivity contribution < 1.29 is 25.9 Å². The lowest BCUT2D eigenvalue weighted by Gasteiger charge is -1.80. The summed E-state index contributed by atoms with van der Waals surface area (Å²) in [6, 6.07) is 0. The van der Waals surface area contributed by atoms with Crippen molar-refractivity contribution in [2.24, 2.45) is 11.5 Å². The molecule has 0 atom stereocenters. The zero-order valence-corrected chi connectivity index (χ0v) is 7.55. The molecule has 0 aliphatic carbocycles. The molecule has 12 heavy (non-hydrogen) atoms. The summed E-state index contributed by atoms with van der Waals surface area (Å²) in [4.78, 5) is 0. The molecule has 0 aliphatic heterocycles. The van der Waals surface area contributed by atoms with E-state index in [1.807, 2.05) is 0 Å². The molecule has 0 heterocycles. The van der Waals surface area contributed by atoms with E-state index < -0.39 is 32.0 Å². The van der Waals surface area contributed by atoms with Crippen molar-refractivity contribution in [3.63, 3.8) is 0 Å². The van der Waals surface area contributed by atoms with Crippen LogP contribution in [0.4, 0.5) is 0 Å². The van der Waals surface area contributed by atoms with Gasteiger partial charge in [-0.05, 0) is 0 Å². The quantitative estimate of drug-likeness (QED) is 0.375. The normalized spacial score (nSPS) is 11.7. The maximum Gasteiger partial charge on any atom is 0.277 e. The average molecular weight is 222 g/mol. The van der Waals surface area contributed by atoms with Crippen molar-refractivity contribution in [1.29, 1.82) is 0 Å². The summed E-state index contributed by atoms with van der Waals surface area (Å²) in [6.45, 7) is 0. The van der Waals surface area contributed by atoms with Gasteiger partial charge in [-0.15, -0.1) is 0 Å². The van der Waals surface area contributed by atoms with Gasteiger partial charge in [-0.2, -0.15) is 16.8 Å². The van der Waals surface area contributed by atoms with Crippen LogP contribution in [-0.2, 0) is 20.2 Å². The molecular formula is C2H10N2O6S2. The number of rotatable bonds is 2. The fourth-order valence-corrected chi connectivity index (χ4v) is 0. The molecule has 6 N–H and O–H groups in total. The van der Waals surface area contributed by atoms with Crippen molar-refractivity contribution in [3.05, 3.63) is 0 Å². The van der Waals surface area contributed by atoms with Crippen molar-refractivity contribution in [2.45, 2.75) is 0 Å². The first-order valence-corrected chi connectivity index (χ1v) is 5.64. The molecule has 0 unspecified atom stereocenters. The Hall–Kier alpha value is -0.260. The fourth-order valence-electron chi connectivity index (χ4n) is 0. The number of hydrogen-bond acceptors (Lipinski definition) is 6. The van der Waals surface area contributed by atoms with E-state index in [4.69, 9.17) is 9.11 Å². The van der Waals surface area contributed by atoms with Gasteiger partial charge in [0.25, 0.3) is 20.2 Å². The second kappa shape index (κ2) is 5.40. The summed E-state index contributed by atoms with van der Waals surface area (Å²) in [6.07, 6.45) is 0. The maximum absolute atomic E-state index is 9.43. The molecule has 0 radical (unpaired) electrons. The van der Waals surface area contributed by atoms with Gasteiger partial charge >= 0.3 is 0 Å². The van der Waals surface area contributed by atoms with E-state index >= 15 is 0 Å². The van der Waals surface area contributed by atoms with E-state index in [-0.39, 0.29) is 0 Å². The van der Waals surface area contributed by atoms with Crippen molar-refractivity contribution >= 4 is 20.2 Å². The van der Waals surface area contributed by atoms with E-state index in [1.54, 1.807) is 0 Å². The van der Waals surface area contributed by atoms with Crippen molar-refractivity contribution in [2.75, 3.05) is 11.8 Å². The third-order valence-corrected chi connectivity index (χ3v) is 1.26. The Balaban J connectivity index is 0. The molecule has 0 saturated heterocycles. The van der Waals surface area contributed by atoms with Gasteiger partial charge in [0.05, 0.1) is 0 Å². The predicted octanol–water partition coefficient (Wildman–Crippen LogP) is -2.42. The first-order chi connectivity index (χ1) is 5.12. The fraction of sp³-hybridized carbons (Fsp3) is 1.00. The zero-order chi connectivity index (χ0) is 10.4. The van der Waals surface area contributed by atoms with Crippen LogP contribution in [0, 0.1) is 0 Å². The molecule has 0 bridgehead atoms. The minimum absolute atomic E-state index is 0.701. The van der Waals surface area contributed by atoms with Gasteiger partial charge in [-0.3, -0.25) is 9.11 Å². The van der Waals surface area contributed by atoms with Gasteiger partial charge in [-0.1, -0.05) is 0 Å². The zero-order valence-electron chi connectivity index (χ0n) is 5.91. The molecule has 0 fully saturated rings. The molecule has 0 aliphatic rings. The van der Waals surface area contributed by atoms with E-state index in [0.29, 0.717) is 0 Å². The highest BCUT2D eigenvalue weighted by atomic mass is 32.2. The molecule has 0 aromatic rings. The molecule has 10 heteroatoms. The molecule has 0 spiro atoms. The number of hydrogen-bond donors (Lipinski definition) is 4. The first kappa shape index (κ1) is 14.3. The molecule has 0 aromatic heterocycles. The van der Waals surface area contributed by atoms with Crippen LogP contribution >= 0.6 is 0 Å². The Morgan fingerprint density at radius 2 is 0.917 bits per heavy atom. The molecule has 0 rings (SSSR count). The van der Waals surface area contributed by atoms with Crippen molar-refractivity contribution in [3.8, 4) is 0 Å². The van der Waals surface area contributed by atoms with Crippen LogP contribution in [0.15, 0.2) is 0 Å². The summed E-state index contributed by atoms with van der Waals surface area (Å²) in [7, 11) is -7.77. The second-order valence-electron chi connectivity index (χ2n) is 1.50. The Kier molecular flexibility index (Phi) is 6.42. The lowest BCUT2D eigenvalue weighted by atomic mass is 11.6. The van der Waals surface area contributed by atoms with E-state index in [2.05, 4.69) is 11.5 Å². The Morgan fingerprint density at radius 1 is 0.833 bits per heavy atom. The summed E-state index contributed by atoms with van der Waals surface area (Å²) < 4.78 is 53.1. The molecule has 0 saturated carbocycles. The SMILES string of the molecule is NCS(=O)(=O)O.NCS(=O)(=O)O. The Morgan fingerprint density at radius 3 is 0.917 bits per heavy atom. The Labute approximate surface area is 70.0 Å². The minimum atomic E-state index is -3.88. The monoisotopic (exact) mass is 222 g/mol. The van der Waals surface area contributed by atoms with Gasteiger partial charge in [-0.25, -0.2) is 0 Å². The van der Waals surface area contributed by atoms with Crippen LogP contribution in [-0.4, -0.2) is 37.7 Å². The highest BCUT2D eigenvalue weighted by Gasteiger charge is 1.94. The summed E-state index contributed by atoms with van der Waals surface area (Å²) in [5.74, 6) is -1.40. The van der Waals surface area contributed by atoms with E-state index in [1.165, 1.54) is 0 Å². The third-order valence-electron chi connectivity index (χ3n) is 0.421. The van der Waals surface area contributed by atoms with E-state index in [0.717, 1.165) is 0 Å². The van der Waals surface area contributed by atoms with Gasteiger partial charge in [0.15, 0.2) is 0 Å². The van der Waals surface area contributed by atoms with Crippen LogP contribution in [0.3, 0.4) is 0 Å². The van der Waals surface area contributed by atoms with Crippen molar-refractivity contribution in [1.82, 2.24) is 0 Å². The highest BCUT2D eigenvalue weighted by Crippen LogP contribution is 1.68. The molecule has 0 amide bonds. The predicted molar refractivity (Wildman–Crippen MR) is 41.2 cm³/mol. The van der Waals surface area contributed by atoms with E-state index in [9.17, 15) is 16.8 Å². The summed E-state index contributed by atoms with van der Waals surface area (Å²) in [5.41, 5.74) is 8.94. The summed E-state index contributed by atoms with van der Waals surface area (Å²) >= 11 is 0. The van der Waals surface area contributed by atoms with Gasteiger partial charge in [0, 0.05) is 0 Å². The molecule has 8 nitrogen and oxygen atoms in total. The lowest BCUT2D eigenvalue weighted by molar-refractivity contribution is 0.481. The van der Waals surface area contributed by atoms with Gasteiger partial charge < -0.3 is 11.5 Å². The second-order valence-corrected chi connectivity index (χ2v) is 4.49. The molecular weight excluding hydrogens is 212 g/mol. The smallest absolute Gasteiger partial charge is 0.277 e. The largest absolute Gasteiger partial charge is 0.316 e. The third kappa shape index (κ3) is 22.6. The van der Waals surface area contributed by atoms with Gasteiger partial charge in [0.1, 0.15) is 11.8 Å². The average Bonchev–Trinajstić information content (AvgIpc) is 1.86. The number of nitrogens with two attached hydrogens (primary N) is 2. The minimum Gasteiger partial charge on any atom is -0.316 e. The van der Waals surface area contributed by atoms with Crippen LogP contribution in [0.5, 0.6) is 0 Å². The van der Waals surface area contributed by atoms with Crippen LogP contribution < -0.4 is 11.5 Å². The standard InChI is InChI=1S/2CH5NO3S/c2*2-1-6(3,4)5/h2*1-2H2,(H,3,4,5). The lowest BCUT2D eigenvalue weighted by Crippen LogP contribution is -2.11. The van der Waals surface area contributed by atoms with Crippen LogP contribution in [0.25, 0.3) is 0 Å². The molecule has 0 aromatic carbocycles. The first-order valence-electron chi connectivity index (χ1n) is 2.43. The summed E-state index contributed by atoms with van der Waals surface area (Å²) in [5, 5.41) is 0. The Bertz CT molecular complexity index is 258. The molecule has 76 valence electrons.